The Morgan fingerprint density at radius 3 is 2.44 bits per heavy atom. The average Bonchev–Trinajstić information content (AvgIpc) is 2.76. The molecule has 2 aromatic rings. The van der Waals surface area contributed by atoms with E-state index in [0.717, 1.165) is 23.8 Å². The van der Waals surface area contributed by atoms with Gasteiger partial charge in [-0.2, -0.15) is 0 Å². The van der Waals surface area contributed by atoms with Gasteiger partial charge in [0.15, 0.2) is 0 Å². The summed E-state index contributed by atoms with van der Waals surface area (Å²) in [7, 11) is 0. The molecule has 1 fully saturated rings. The number of hydrogen-bond acceptors (Lipinski definition) is 4. The van der Waals surface area contributed by atoms with E-state index in [9.17, 15) is 19.2 Å². The maximum absolute atomic E-state index is 13.2. The summed E-state index contributed by atoms with van der Waals surface area (Å²) in [5.41, 5.74) is -0.546. The average molecular weight is 443 g/mol. The van der Waals surface area contributed by atoms with Crippen LogP contribution < -0.4 is 16.6 Å². The lowest BCUT2D eigenvalue weighted by atomic mass is 9.92. The van der Waals surface area contributed by atoms with Crippen molar-refractivity contribution in [1.29, 1.82) is 0 Å². The van der Waals surface area contributed by atoms with Crippen LogP contribution in [-0.2, 0) is 22.7 Å². The third-order valence-corrected chi connectivity index (χ3v) is 6.06. The minimum atomic E-state index is -0.554. The van der Waals surface area contributed by atoms with Gasteiger partial charge in [-0.15, -0.1) is 0 Å². The molecule has 1 aromatic carbocycles. The van der Waals surface area contributed by atoms with Gasteiger partial charge in [-0.25, -0.2) is 4.79 Å². The third-order valence-electron chi connectivity index (χ3n) is 6.06. The zero-order valence-corrected chi connectivity index (χ0v) is 19.3. The molecule has 1 aliphatic rings. The first-order valence-electron chi connectivity index (χ1n) is 11.6. The first-order chi connectivity index (χ1) is 15.3. The van der Waals surface area contributed by atoms with Crippen LogP contribution in [0.2, 0.25) is 0 Å². The first kappa shape index (κ1) is 23.8. The molecule has 2 heterocycles. The molecule has 1 aliphatic heterocycles. The Labute approximate surface area is 188 Å². The molecule has 3 rings (SSSR count). The summed E-state index contributed by atoms with van der Waals surface area (Å²) in [5.74, 6) is 0.502. The molecule has 0 unspecified atom stereocenters. The molecule has 1 aromatic heterocycles. The Balaban J connectivity index is 1.89. The number of nitrogens with one attached hydrogen (secondary N) is 1. The number of amides is 2. The molecule has 0 spiro atoms. The summed E-state index contributed by atoms with van der Waals surface area (Å²) >= 11 is 0. The molecular formula is C24H34N4O4. The Morgan fingerprint density at radius 2 is 1.75 bits per heavy atom. The lowest BCUT2D eigenvalue weighted by Crippen LogP contribution is -2.47. The van der Waals surface area contributed by atoms with Crippen LogP contribution in [0.25, 0.3) is 10.9 Å². The first-order valence-corrected chi connectivity index (χ1v) is 11.6. The van der Waals surface area contributed by atoms with E-state index in [0.29, 0.717) is 42.4 Å². The number of carbonyl (C=O) groups is 2. The molecule has 0 aliphatic carbocycles. The second kappa shape index (κ2) is 10.6. The van der Waals surface area contributed by atoms with Crippen LogP contribution in [0, 0.1) is 11.8 Å². The van der Waals surface area contributed by atoms with Gasteiger partial charge in [0, 0.05) is 32.6 Å². The topological polar surface area (TPSA) is 93.4 Å². The quantitative estimate of drug-likeness (QED) is 0.633. The molecule has 2 atom stereocenters. The maximum Gasteiger partial charge on any atom is 0.331 e. The normalized spacial score (nSPS) is 18.7. The van der Waals surface area contributed by atoms with E-state index in [4.69, 9.17) is 0 Å². The molecule has 0 saturated carbocycles. The van der Waals surface area contributed by atoms with E-state index >= 15 is 0 Å². The number of unbranched alkanes of at least 4 members (excludes halogenated alkanes) is 1. The number of piperidine rings is 1. The van der Waals surface area contributed by atoms with E-state index in [1.807, 2.05) is 11.8 Å². The van der Waals surface area contributed by atoms with Gasteiger partial charge in [-0.1, -0.05) is 39.3 Å². The Bertz CT molecular complexity index is 1080. The number of hydrogen-bond donors (Lipinski definition) is 1. The van der Waals surface area contributed by atoms with Gasteiger partial charge >= 0.3 is 5.69 Å². The van der Waals surface area contributed by atoms with Crippen molar-refractivity contribution >= 4 is 22.7 Å². The zero-order valence-electron chi connectivity index (χ0n) is 19.3. The highest BCUT2D eigenvalue weighted by Gasteiger charge is 2.26. The molecule has 2 amide bonds. The minimum absolute atomic E-state index is 0.0214. The Hall–Kier alpha value is -2.90. The van der Waals surface area contributed by atoms with Crippen molar-refractivity contribution in [2.45, 2.75) is 59.5 Å². The summed E-state index contributed by atoms with van der Waals surface area (Å²) in [4.78, 5) is 53.2. The van der Waals surface area contributed by atoms with E-state index in [-0.39, 0.29) is 31.3 Å². The van der Waals surface area contributed by atoms with Crippen molar-refractivity contribution in [3.8, 4) is 0 Å². The van der Waals surface area contributed by atoms with Crippen LogP contribution in [0.5, 0.6) is 0 Å². The number of aromatic nitrogens is 2. The molecule has 8 nitrogen and oxygen atoms in total. The van der Waals surface area contributed by atoms with E-state index in [1.165, 1.54) is 4.57 Å². The smallest absolute Gasteiger partial charge is 0.331 e. The van der Waals surface area contributed by atoms with Crippen LogP contribution in [0.4, 0.5) is 0 Å². The van der Waals surface area contributed by atoms with Gasteiger partial charge in [0.25, 0.3) is 5.56 Å². The van der Waals surface area contributed by atoms with Gasteiger partial charge in [0.1, 0.15) is 6.54 Å². The summed E-state index contributed by atoms with van der Waals surface area (Å²) in [6, 6.07) is 6.82. The number of rotatable bonds is 8. The molecule has 8 heteroatoms. The van der Waals surface area contributed by atoms with Crippen molar-refractivity contribution in [2.24, 2.45) is 11.8 Å². The second-order valence-electron chi connectivity index (χ2n) is 9.04. The fraction of sp³-hybridized carbons (Fsp3) is 0.583. The lowest BCUT2D eigenvalue weighted by molar-refractivity contribution is -0.134. The predicted octanol–water partition coefficient (Wildman–Crippen LogP) is 1.97. The van der Waals surface area contributed by atoms with E-state index < -0.39 is 11.2 Å². The standard InChI is InChI=1S/C24H34N4O4/c1-4-5-11-25-21(29)10-12-27-23(31)19-8-6-7-9-20(19)28(24(27)32)16-22(30)26-14-17(2)13-18(3)15-26/h6-9,17-18H,4-5,10-16H2,1-3H3,(H,25,29)/t17-,18+. The number of benzene rings is 1. The van der Waals surface area contributed by atoms with Crippen LogP contribution in [0.3, 0.4) is 0 Å². The molecule has 1 saturated heterocycles. The monoisotopic (exact) mass is 442 g/mol. The van der Waals surface area contributed by atoms with Gasteiger partial charge < -0.3 is 10.2 Å². The number of fused-ring (bicyclic) bond motifs is 1. The SMILES string of the molecule is CCCCNC(=O)CCn1c(=O)c2ccccc2n(CC(=O)N2C[C@H](C)C[C@H](C)C2)c1=O. The highest BCUT2D eigenvalue weighted by atomic mass is 16.2. The number of para-hydroxylation sites is 1. The van der Waals surface area contributed by atoms with E-state index in [1.54, 1.807) is 24.3 Å². The predicted molar refractivity (Wildman–Crippen MR) is 125 cm³/mol. The van der Waals surface area contributed by atoms with E-state index in [2.05, 4.69) is 19.2 Å². The number of nitrogens with zero attached hydrogens (tertiary/aromatic N) is 3. The van der Waals surface area contributed by atoms with Crippen molar-refractivity contribution in [3.63, 3.8) is 0 Å². The Morgan fingerprint density at radius 1 is 1.06 bits per heavy atom. The van der Waals surface area contributed by atoms with Crippen LogP contribution >= 0.6 is 0 Å². The lowest BCUT2D eigenvalue weighted by Gasteiger charge is -2.35. The fourth-order valence-electron chi connectivity index (χ4n) is 4.53. The van der Waals surface area contributed by atoms with Gasteiger partial charge in [0.05, 0.1) is 10.9 Å². The largest absolute Gasteiger partial charge is 0.356 e. The maximum atomic E-state index is 13.2. The molecule has 0 bridgehead atoms. The third kappa shape index (κ3) is 5.47. The van der Waals surface area contributed by atoms with Crippen LogP contribution in [0.15, 0.2) is 33.9 Å². The van der Waals surface area contributed by atoms with Crippen molar-refractivity contribution in [2.75, 3.05) is 19.6 Å². The Kier molecular flexibility index (Phi) is 7.88. The number of likely N-dealkylation sites (tertiary alicyclic amines) is 1. The summed E-state index contributed by atoms with van der Waals surface area (Å²) in [5, 5.41) is 3.17. The summed E-state index contributed by atoms with van der Waals surface area (Å²) in [6.45, 7) is 8.07. The van der Waals surface area contributed by atoms with Crippen molar-refractivity contribution in [1.82, 2.24) is 19.4 Å². The van der Waals surface area contributed by atoms with Gasteiger partial charge in [-0.3, -0.25) is 23.5 Å². The molecule has 174 valence electrons. The zero-order chi connectivity index (χ0) is 23.3. The highest BCUT2D eigenvalue weighted by Crippen LogP contribution is 2.21. The van der Waals surface area contributed by atoms with Gasteiger partial charge in [-0.05, 0) is 36.8 Å². The summed E-state index contributed by atoms with van der Waals surface area (Å²) < 4.78 is 2.45. The minimum Gasteiger partial charge on any atom is -0.356 e. The molecular weight excluding hydrogens is 408 g/mol. The fourth-order valence-corrected chi connectivity index (χ4v) is 4.53. The van der Waals surface area contributed by atoms with Crippen molar-refractivity contribution in [3.05, 3.63) is 45.1 Å². The molecule has 1 N–H and O–H groups in total. The molecule has 0 radical (unpaired) electrons. The van der Waals surface area contributed by atoms with Crippen LogP contribution in [-0.4, -0.2) is 45.5 Å². The van der Waals surface area contributed by atoms with Crippen molar-refractivity contribution < 1.29 is 9.59 Å². The highest BCUT2D eigenvalue weighted by molar-refractivity contribution is 5.82. The van der Waals surface area contributed by atoms with Crippen LogP contribution in [0.1, 0.15) is 46.5 Å². The van der Waals surface area contributed by atoms with Gasteiger partial charge in [0.2, 0.25) is 11.8 Å². The number of carbonyl (C=O) groups excluding carboxylic acids is 2. The second-order valence-corrected chi connectivity index (χ2v) is 9.04. The summed E-state index contributed by atoms with van der Waals surface area (Å²) in [6.07, 6.45) is 2.96. The molecule has 32 heavy (non-hydrogen) atoms.